The zero-order valence-corrected chi connectivity index (χ0v) is 13.0. The summed E-state index contributed by atoms with van der Waals surface area (Å²) in [5.41, 5.74) is 0.582. The van der Waals surface area contributed by atoms with Crippen molar-refractivity contribution in [3.8, 4) is 11.5 Å². The lowest BCUT2D eigenvalue weighted by molar-refractivity contribution is 0.0682. The fourth-order valence-corrected chi connectivity index (χ4v) is 3.18. The molecule has 1 aromatic rings. The van der Waals surface area contributed by atoms with Crippen LogP contribution in [0.3, 0.4) is 0 Å². The second-order valence-corrected chi connectivity index (χ2v) is 6.24. The van der Waals surface area contributed by atoms with Crippen molar-refractivity contribution in [2.45, 2.75) is 26.2 Å². The highest BCUT2D eigenvalue weighted by Crippen LogP contribution is 2.38. The molecule has 5 heteroatoms. The largest absolute Gasteiger partial charge is 0.489 e. The predicted octanol–water partition coefficient (Wildman–Crippen LogP) is 3.37. The molecule has 1 unspecified atom stereocenters. The summed E-state index contributed by atoms with van der Waals surface area (Å²) < 4.78 is 11.2. The van der Waals surface area contributed by atoms with Crippen molar-refractivity contribution in [3.63, 3.8) is 0 Å². The average Bonchev–Trinajstić information content (AvgIpc) is 2.72. The lowest BCUT2D eigenvalue weighted by atomic mass is 9.99. The van der Waals surface area contributed by atoms with E-state index in [1.165, 1.54) is 6.42 Å². The first-order chi connectivity index (χ1) is 10.1. The Bertz CT molecular complexity index is 547. The van der Waals surface area contributed by atoms with E-state index in [4.69, 9.17) is 21.1 Å². The molecule has 2 aliphatic rings. The Morgan fingerprint density at radius 1 is 1.29 bits per heavy atom. The third-order valence-corrected chi connectivity index (χ3v) is 4.27. The number of amides is 1. The molecule has 0 N–H and O–H groups in total. The summed E-state index contributed by atoms with van der Waals surface area (Å²) >= 11 is 6.26. The first-order valence-electron chi connectivity index (χ1n) is 7.53. The molecule has 1 atom stereocenters. The molecule has 4 nitrogen and oxygen atoms in total. The Morgan fingerprint density at radius 2 is 2.10 bits per heavy atom. The zero-order valence-electron chi connectivity index (χ0n) is 12.2. The zero-order chi connectivity index (χ0) is 14.8. The van der Waals surface area contributed by atoms with Crippen LogP contribution in [0.25, 0.3) is 0 Å². The summed E-state index contributed by atoms with van der Waals surface area (Å²) in [5.74, 6) is 1.71. The number of hydrogen-bond donors (Lipinski definition) is 0. The minimum atomic E-state index is 0.0269. The molecule has 0 aliphatic carbocycles. The topological polar surface area (TPSA) is 38.8 Å². The number of nitrogens with zero attached hydrogens (tertiary/aromatic N) is 1. The van der Waals surface area contributed by atoms with Crippen molar-refractivity contribution in [1.29, 1.82) is 0 Å². The van der Waals surface area contributed by atoms with Crippen LogP contribution >= 0.6 is 11.6 Å². The highest BCUT2D eigenvalue weighted by Gasteiger charge is 2.24. The first kappa shape index (κ1) is 14.5. The molecule has 1 saturated heterocycles. The van der Waals surface area contributed by atoms with Crippen molar-refractivity contribution >= 4 is 17.5 Å². The summed E-state index contributed by atoms with van der Waals surface area (Å²) in [6.45, 7) is 4.98. The SMILES string of the molecule is CC1CCCN(C(=O)c2cc(Cl)c3c(c2)OCCCO3)C1. The highest BCUT2D eigenvalue weighted by molar-refractivity contribution is 6.32. The molecule has 0 saturated carbocycles. The van der Waals surface area contributed by atoms with Crippen LogP contribution < -0.4 is 9.47 Å². The van der Waals surface area contributed by atoms with E-state index in [2.05, 4.69) is 6.92 Å². The number of piperidine rings is 1. The van der Waals surface area contributed by atoms with Crippen molar-refractivity contribution in [1.82, 2.24) is 4.90 Å². The van der Waals surface area contributed by atoms with Crippen LogP contribution in [0.15, 0.2) is 12.1 Å². The van der Waals surface area contributed by atoms with E-state index in [1.807, 2.05) is 4.90 Å². The average molecular weight is 310 g/mol. The van der Waals surface area contributed by atoms with Gasteiger partial charge in [0.1, 0.15) is 0 Å². The number of ether oxygens (including phenoxy) is 2. The van der Waals surface area contributed by atoms with E-state index in [0.717, 1.165) is 25.9 Å². The van der Waals surface area contributed by atoms with Crippen LogP contribution in [0, 0.1) is 5.92 Å². The maximum absolute atomic E-state index is 12.6. The predicted molar refractivity (Wildman–Crippen MR) is 81.4 cm³/mol. The molecule has 1 aromatic carbocycles. The first-order valence-corrected chi connectivity index (χ1v) is 7.91. The Balaban J connectivity index is 1.86. The van der Waals surface area contributed by atoms with E-state index < -0.39 is 0 Å². The highest BCUT2D eigenvalue weighted by atomic mass is 35.5. The summed E-state index contributed by atoms with van der Waals surface area (Å²) in [7, 11) is 0. The van der Waals surface area contributed by atoms with Gasteiger partial charge in [0.2, 0.25) is 0 Å². The molecule has 2 heterocycles. The van der Waals surface area contributed by atoms with Crippen molar-refractivity contribution in [2.75, 3.05) is 26.3 Å². The normalized spacial score (nSPS) is 21.8. The number of benzene rings is 1. The van der Waals surface area contributed by atoms with Crippen molar-refractivity contribution in [3.05, 3.63) is 22.7 Å². The van der Waals surface area contributed by atoms with Crippen molar-refractivity contribution in [2.24, 2.45) is 5.92 Å². The second-order valence-electron chi connectivity index (χ2n) is 5.83. The van der Waals surface area contributed by atoms with Crippen LogP contribution in [0.5, 0.6) is 11.5 Å². The minimum Gasteiger partial charge on any atom is -0.489 e. The van der Waals surface area contributed by atoms with Gasteiger partial charge in [-0.25, -0.2) is 0 Å². The van der Waals surface area contributed by atoms with Crippen LogP contribution in [0.4, 0.5) is 0 Å². The van der Waals surface area contributed by atoms with E-state index >= 15 is 0 Å². The smallest absolute Gasteiger partial charge is 0.254 e. The Morgan fingerprint density at radius 3 is 2.90 bits per heavy atom. The molecule has 1 fully saturated rings. The molecular weight excluding hydrogens is 290 g/mol. The standard InChI is InChI=1S/C16H20ClNO3/c1-11-4-2-5-18(10-11)16(19)12-8-13(17)15-14(9-12)20-6-3-7-21-15/h8-9,11H,2-7,10H2,1H3. The molecule has 0 spiro atoms. The van der Waals surface area contributed by atoms with Gasteiger partial charge in [-0.3, -0.25) is 4.79 Å². The van der Waals surface area contributed by atoms with Crippen LogP contribution in [0.1, 0.15) is 36.5 Å². The molecular formula is C16H20ClNO3. The minimum absolute atomic E-state index is 0.0269. The molecule has 1 amide bonds. The fourth-order valence-electron chi connectivity index (χ4n) is 2.91. The fraction of sp³-hybridized carbons (Fsp3) is 0.562. The van der Waals surface area contributed by atoms with Gasteiger partial charge < -0.3 is 14.4 Å². The second kappa shape index (κ2) is 6.14. The number of carbonyl (C=O) groups excluding carboxylic acids is 1. The molecule has 3 rings (SSSR count). The van der Waals surface area contributed by atoms with Crippen LogP contribution in [-0.2, 0) is 0 Å². The molecule has 21 heavy (non-hydrogen) atoms. The van der Waals surface area contributed by atoms with Gasteiger partial charge in [0.05, 0.1) is 18.2 Å². The number of carbonyl (C=O) groups is 1. The van der Waals surface area contributed by atoms with E-state index in [9.17, 15) is 4.79 Å². The summed E-state index contributed by atoms with van der Waals surface area (Å²) in [5, 5.41) is 0.447. The number of rotatable bonds is 1. The van der Waals surface area contributed by atoms with E-state index in [0.29, 0.717) is 41.2 Å². The van der Waals surface area contributed by atoms with Crippen molar-refractivity contribution < 1.29 is 14.3 Å². The number of likely N-dealkylation sites (tertiary alicyclic amines) is 1. The lowest BCUT2D eigenvalue weighted by Gasteiger charge is -2.31. The quantitative estimate of drug-likeness (QED) is 0.798. The number of hydrogen-bond acceptors (Lipinski definition) is 3. The van der Waals surface area contributed by atoms with Gasteiger partial charge in [0, 0.05) is 25.1 Å². The van der Waals surface area contributed by atoms with Gasteiger partial charge in [-0.05, 0) is 30.9 Å². The van der Waals surface area contributed by atoms with Crippen LogP contribution in [-0.4, -0.2) is 37.1 Å². The Labute approximate surface area is 130 Å². The lowest BCUT2D eigenvalue weighted by Crippen LogP contribution is -2.39. The van der Waals surface area contributed by atoms with Gasteiger partial charge in [-0.2, -0.15) is 0 Å². The molecule has 0 bridgehead atoms. The molecule has 114 valence electrons. The van der Waals surface area contributed by atoms with Gasteiger partial charge >= 0.3 is 0 Å². The van der Waals surface area contributed by atoms with Gasteiger partial charge in [0.15, 0.2) is 11.5 Å². The number of halogens is 1. The molecule has 2 aliphatic heterocycles. The Hall–Kier alpha value is -1.42. The van der Waals surface area contributed by atoms with Gasteiger partial charge in [-0.15, -0.1) is 0 Å². The summed E-state index contributed by atoms with van der Waals surface area (Å²) in [4.78, 5) is 14.5. The molecule has 0 aromatic heterocycles. The third kappa shape index (κ3) is 3.10. The van der Waals surface area contributed by atoms with Crippen LogP contribution in [0.2, 0.25) is 5.02 Å². The monoisotopic (exact) mass is 309 g/mol. The van der Waals surface area contributed by atoms with Gasteiger partial charge in [0.25, 0.3) is 5.91 Å². The maximum Gasteiger partial charge on any atom is 0.254 e. The van der Waals surface area contributed by atoms with E-state index in [-0.39, 0.29) is 5.91 Å². The van der Waals surface area contributed by atoms with E-state index in [1.54, 1.807) is 12.1 Å². The molecule has 0 radical (unpaired) electrons. The Kier molecular flexibility index (Phi) is 4.24. The number of fused-ring (bicyclic) bond motifs is 1. The summed E-state index contributed by atoms with van der Waals surface area (Å²) in [6, 6.07) is 3.45. The summed E-state index contributed by atoms with van der Waals surface area (Å²) in [6.07, 6.45) is 3.06. The van der Waals surface area contributed by atoms with Gasteiger partial charge in [-0.1, -0.05) is 18.5 Å². The third-order valence-electron chi connectivity index (χ3n) is 3.99. The maximum atomic E-state index is 12.6.